The Labute approximate surface area is 185 Å². The number of nitrogens with one attached hydrogen (secondary N) is 3. The smallest absolute Gasteiger partial charge is 0.178 e. The second kappa shape index (κ2) is 11.5. The summed E-state index contributed by atoms with van der Waals surface area (Å²) in [6, 6.07) is 17.5. The van der Waals surface area contributed by atoms with Crippen molar-refractivity contribution in [3.8, 4) is 11.5 Å². The highest BCUT2D eigenvalue weighted by Gasteiger charge is 2.22. The summed E-state index contributed by atoms with van der Waals surface area (Å²) in [5, 5.41) is 2.86. The van der Waals surface area contributed by atoms with Crippen molar-refractivity contribution in [1.82, 2.24) is 16.1 Å². The van der Waals surface area contributed by atoms with Crippen LogP contribution in [-0.4, -0.2) is 32.9 Å². The van der Waals surface area contributed by atoms with Gasteiger partial charge in [-0.05, 0) is 61.6 Å². The zero-order valence-corrected chi connectivity index (χ0v) is 17.9. The lowest BCUT2D eigenvalue weighted by Gasteiger charge is -2.27. The first-order chi connectivity index (χ1) is 15.1. The third-order valence-electron chi connectivity index (χ3n) is 5.49. The molecule has 1 aliphatic rings. The van der Waals surface area contributed by atoms with Gasteiger partial charge >= 0.3 is 0 Å². The summed E-state index contributed by atoms with van der Waals surface area (Å²) in [5.41, 5.74) is 20.2. The number of benzene rings is 2. The van der Waals surface area contributed by atoms with E-state index in [1.807, 2.05) is 54.6 Å². The van der Waals surface area contributed by atoms with Crippen LogP contribution in [0.5, 0.6) is 11.5 Å². The van der Waals surface area contributed by atoms with E-state index in [9.17, 15) is 0 Å². The number of hydrogen-bond acceptors (Lipinski definition) is 6. The van der Waals surface area contributed by atoms with Crippen molar-refractivity contribution in [2.24, 2.45) is 16.5 Å². The molecule has 3 rings (SSSR count). The van der Waals surface area contributed by atoms with Gasteiger partial charge in [0.25, 0.3) is 0 Å². The van der Waals surface area contributed by atoms with Gasteiger partial charge in [-0.1, -0.05) is 30.3 Å². The second-order valence-electron chi connectivity index (χ2n) is 7.61. The highest BCUT2D eigenvalue weighted by Crippen LogP contribution is 2.26. The zero-order chi connectivity index (χ0) is 22.1. The van der Waals surface area contributed by atoms with Crippen molar-refractivity contribution in [2.45, 2.75) is 43.8 Å². The fourth-order valence-corrected chi connectivity index (χ4v) is 3.73. The number of ether oxygens (including phenoxy) is 1. The van der Waals surface area contributed by atoms with Crippen LogP contribution in [0, 0.1) is 0 Å². The van der Waals surface area contributed by atoms with E-state index < -0.39 is 6.04 Å². The van der Waals surface area contributed by atoms with Gasteiger partial charge in [-0.2, -0.15) is 0 Å². The molecule has 0 aliphatic heterocycles. The predicted octanol–water partition coefficient (Wildman–Crippen LogP) is 2.43. The summed E-state index contributed by atoms with van der Waals surface area (Å²) in [5.74, 6) is 2.19. The van der Waals surface area contributed by atoms with E-state index in [2.05, 4.69) is 16.1 Å². The lowest BCUT2D eigenvalue weighted by atomic mass is 9.90. The summed E-state index contributed by atoms with van der Waals surface area (Å²) >= 11 is 0. The van der Waals surface area contributed by atoms with E-state index in [1.54, 1.807) is 7.05 Å². The fraction of sp³-hybridized carbons (Fsp3) is 0.348. The minimum Gasteiger partial charge on any atom is -0.457 e. The summed E-state index contributed by atoms with van der Waals surface area (Å²) < 4.78 is 5.86. The largest absolute Gasteiger partial charge is 0.457 e. The number of rotatable bonds is 8. The third kappa shape index (κ3) is 6.34. The first-order valence-electron chi connectivity index (χ1n) is 10.6. The van der Waals surface area contributed by atoms with E-state index in [-0.39, 0.29) is 6.04 Å². The Morgan fingerprint density at radius 3 is 2.29 bits per heavy atom. The molecule has 1 atom stereocenters. The van der Waals surface area contributed by atoms with Gasteiger partial charge in [0.15, 0.2) is 7.98 Å². The van der Waals surface area contributed by atoms with Gasteiger partial charge in [0, 0.05) is 18.8 Å². The van der Waals surface area contributed by atoms with Gasteiger partial charge in [-0.25, -0.2) is 5.43 Å². The molecule has 0 aromatic heterocycles. The van der Waals surface area contributed by atoms with Gasteiger partial charge in [-0.15, -0.1) is 0 Å². The fourth-order valence-electron chi connectivity index (χ4n) is 3.73. The van der Waals surface area contributed by atoms with E-state index in [4.69, 9.17) is 29.2 Å². The predicted molar refractivity (Wildman–Crippen MR) is 127 cm³/mol. The monoisotopic (exact) mass is 418 g/mol. The normalized spacial score (nSPS) is 20.8. The van der Waals surface area contributed by atoms with Crippen molar-refractivity contribution in [2.75, 3.05) is 7.05 Å². The first kappa shape index (κ1) is 22.9. The average molecular weight is 418 g/mol. The number of nitrogens with zero attached hydrogens (tertiary/aromatic N) is 1. The minimum absolute atomic E-state index is 0.198. The molecule has 1 saturated carbocycles. The molecule has 0 saturated heterocycles. The zero-order valence-electron chi connectivity index (χ0n) is 17.9. The SMILES string of the molecule is [B]NC1CCC(N=C(NNC)/C(=C\N)C(N)c2ccc(Oc3ccccc3)cc2)CC1. The van der Waals surface area contributed by atoms with Crippen molar-refractivity contribution in [1.29, 1.82) is 0 Å². The van der Waals surface area contributed by atoms with Crippen LogP contribution in [-0.2, 0) is 0 Å². The van der Waals surface area contributed by atoms with Crippen LogP contribution in [0.25, 0.3) is 0 Å². The topological polar surface area (TPSA) is 110 Å². The molecule has 2 radical (unpaired) electrons. The maximum absolute atomic E-state index is 6.57. The van der Waals surface area contributed by atoms with E-state index in [1.165, 1.54) is 6.20 Å². The van der Waals surface area contributed by atoms with Crippen LogP contribution >= 0.6 is 0 Å². The van der Waals surface area contributed by atoms with Gasteiger partial charge in [-0.3, -0.25) is 4.99 Å². The Morgan fingerprint density at radius 1 is 1.06 bits per heavy atom. The van der Waals surface area contributed by atoms with Crippen LogP contribution in [0.3, 0.4) is 0 Å². The third-order valence-corrected chi connectivity index (χ3v) is 5.49. The molecule has 1 fully saturated rings. The first-order valence-corrected chi connectivity index (χ1v) is 10.6. The Hall–Kier alpha value is -2.81. The number of amidine groups is 1. The average Bonchev–Trinajstić information content (AvgIpc) is 2.81. The highest BCUT2D eigenvalue weighted by molar-refractivity contribution is 6.04. The Bertz CT molecular complexity index is 863. The molecule has 2 aromatic rings. The van der Waals surface area contributed by atoms with Crippen molar-refractivity contribution >= 4 is 13.8 Å². The number of hydrogen-bond donors (Lipinski definition) is 5. The molecule has 0 amide bonds. The molecule has 1 unspecified atom stereocenters. The standard InChI is InChI=1S/C23H31BN6O/c1-27-30-23(28-17-9-11-18(29-24)12-10-17)21(15-25)22(26)16-7-13-20(14-8-16)31-19-5-3-2-4-6-19/h2-8,13-15,17-18,22,27,29H,9-12,25-26H2,1H3,(H,28,30)/b21-15-. The highest BCUT2D eigenvalue weighted by atomic mass is 16.5. The number of nitrogens with two attached hydrogens (primary N) is 2. The number of para-hydroxylation sites is 1. The summed E-state index contributed by atoms with van der Waals surface area (Å²) in [6.07, 6.45) is 5.43. The molecule has 2 aromatic carbocycles. The van der Waals surface area contributed by atoms with Crippen molar-refractivity contribution in [3.63, 3.8) is 0 Å². The van der Waals surface area contributed by atoms with Crippen LogP contribution < -0.4 is 32.3 Å². The second-order valence-corrected chi connectivity index (χ2v) is 7.61. The van der Waals surface area contributed by atoms with Crippen LogP contribution in [0.15, 0.2) is 71.4 Å². The summed E-state index contributed by atoms with van der Waals surface area (Å²) in [6.45, 7) is 0. The molecule has 31 heavy (non-hydrogen) atoms. The molecule has 7 N–H and O–H groups in total. The maximum Gasteiger partial charge on any atom is 0.178 e. The maximum atomic E-state index is 6.57. The van der Waals surface area contributed by atoms with Gasteiger partial charge in [0.05, 0.1) is 12.1 Å². The number of hydrazine groups is 1. The Kier molecular flexibility index (Phi) is 8.52. The Morgan fingerprint density at radius 2 is 1.71 bits per heavy atom. The molecule has 0 heterocycles. The summed E-state index contributed by atoms with van der Waals surface area (Å²) in [4.78, 5) is 4.91. The van der Waals surface area contributed by atoms with Crippen molar-refractivity contribution in [3.05, 3.63) is 71.9 Å². The lowest BCUT2D eigenvalue weighted by molar-refractivity contribution is 0.379. The van der Waals surface area contributed by atoms with Gasteiger partial charge < -0.3 is 26.9 Å². The molecule has 7 nitrogen and oxygen atoms in total. The molecular weight excluding hydrogens is 387 g/mol. The molecule has 0 bridgehead atoms. The molecule has 8 heteroatoms. The molecule has 162 valence electrons. The van der Waals surface area contributed by atoms with Crippen LogP contribution in [0.2, 0.25) is 0 Å². The Balaban J connectivity index is 1.72. The lowest BCUT2D eigenvalue weighted by Crippen LogP contribution is -2.40. The van der Waals surface area contributed by atoms with Gasteiger partial charge in [0.2, 0.25) is 0 Å². The quantitative estimate of drug-likeness (QED) is 0.195. The number of aliphatic imine (C=N–C) groups is 1. The molecular formula is C23H31BN6O. The molecule has 1 aliphatic carbocycles. The van der Waals surface area contributed by atoms with E-state index in [0.29, 0.717) is 11.9 Å². The van der Waals surface area contributed by atoms with Crippen LogP contribution in [0.1, 0.15) is 37.3 Å². The van der Waals surface area contributed by atoms with Gasteiger partial charge in [0.1, 0.15) is 17.3 Å². The molecule has 0 spiro atoms. The summed E-state index contributed by atoms with van der Waals surface area (Å²) in [7, 11) is 7.36. The van der Waals surface area contributed by atoms with Crippen molar-refractivity contribution < 1.29 is 4.74 Å². The van der Waals surface area contributed by atoms with Crippen LogP contribution in [0.4, 0.5) is 0 Å². The van der Waals surface area contributed by atoms with E-state index >= 15 is 0 Å². The van der Waals surface area contributed by atoms with E-state index in [0.717, 1.165) is 48.3 Å². The minimum atomic E-state index is -0.433.